The molecule has 1 rings (SSSR count). The molecule has 1 atom stereocenters. The minimum Gasteiger partial charge on any atom is -0.314 e. The highest BCUT2D eigenvalue weighted by molar-refractivity contribution is 5.24. The zero-order valence-electron chi connectivity index (χ0n) is 13.2. The van der Waals surface area contributed by atoms with E-state index in [0.717, 1.165) is 6.54 Å². The van der Waals surface area contributed by atoms with E-state index in [1.54, 1.807) is 0 Å². The van der Waals surface area contributed by atoms with Crippen molar-refractivity contribution in [2.75, 3.05) is 6.54 Å². The zero-order chi connectivity index (χ0) is 14.1. The lowest BCUT2D eigenvalue weighted by Gasteiger charge is -2.20. The summed E-state index contributed by atoms with van der Waals surface area (Å²) in [7, 11) is 0. The summed E-state index contributed by atoms with van der Waals surface area (Å²) in [6, 6.07) is 9.67. The fourth-order valence-corrected chi connectivity index (χ4v) is 2.42. The van der Waals surface area contributed by atoms with Gasteiger partial charge in [0.2, 0.25) is 0 Å². The second kappa shape index (κ2) is 9.14. The topological polar surface area (TPSA) is 12.0 Å². The van der Waals surface area contributed by atoms with Crippen LogP contribution in [0.15, 0.2) is 24.3 Å². The molecule has 0 saturated carbocycles. The van der Waals surface area contributed by atoms with E-state index in [2.05, 4.69) is 57.3 Å². The first kappa shape index (κ1) is 16.2. The maximum absolute atomic E-state index is 3.60. The Kier molecular flexibility index (Phi) is 7.81. The van der Waals surface area contributed by atoms with Gasteiger partial charge in [0.1, 0.15) is 0 Å². The predicted octanol–water partition coefficient (Wildman–Crippen LogP) is 5.05. The normalized spacial score (nSPS) is 12.9. The Hall–Kier alpha value is -0.820. The van der Waals surface area contributed by atoms with Gasteiger partial charge in [-0.25, -0.2) is 0 Å². The average molecular weight is 261 g/mol. The molecule has 0 aliphatic carbocycles. The summed E-state index contributed by atoms with van der Waals surface area (Å²) in [6.45, 7) is 9.99. The standard InChI is InChI=1S/C18H31N/c1-5-6-7-8-9-18(14-19-15(2)3)17-12-10-16(4)11-13-17/h10-13,15,18-19H,5-9,14H2,1-4H3. The average Bonchev–Trinajstić information content (AvgIpc) is 2.39. The van der Waals surface area contributed by atoms with Gasteiger partial charge in [-0.2, -0.15) is 0 Å². The Balaban J connectivity index is 2.54. The van der Waals surface area contributed by atoms with Gasteiger partial charge < -0.3 is 5.32 Å². The SMILES string of the molecule is CCCCCCC(CNC(C)C)c1ccc(C)cc1. The van der Waals surface area contributed by atoms with E-state index in [1.807, 2.05) is 0 Å². The van der Waals surface area contributed by atoms with Gasteiger partial charge in [0, 0.05) is 12.6 Å². The van der Waals surface area contributed by atoms with Crippen LogP contribution in [0.1, 0.15) is 69.9 Å². The Morgan fingerprint density at radius 2 is 1.68 bits per heavy atom. The van der Waals surface area contributed by atoms with Crippen molar-refractivity contribution in [2.45, 2.75) is 71.8 Å². The number of rotatable bonds is 9. The van der Waals surface area contributed by atoms with Crippen molar-refractivity contribution in [3.8, 4) is 0 Å². The zero-order valence-corrected chi connectivity index (χ0v) is 13.2. The quantitative estimate of drug-likeness (QED) is 0.614. The van der Waals surface area contributed by atoms with Gasteiger partial charge in [-0.1, -0.05) is 76.3 Å². The molecule has 108 valence electrons. The van der Waals surface area contributed by atoms with E-state index in [0.29, 0.717) is 12.0 Å². The molecule has 0 bridgehead atoms. The van der Waals surface area contributed by atoms with Crippen LogP contribution >= 0.6 is 0 Å². The monoisotopic (exact) mass is 261 g/mol. The third kappa shape index (κ3) is 6.77. The lowest BCUT2D eigenvalue weighted by Crippen LogP contribution is -2.28. The van der Waals surface area contributed by atoms with Gasteiger partial charge in [0.05, 0.1) is 0 Å². The first-order valence-electron chi connectivity index (χ1n) is 7.93. The summed E-state index contributed by atoms with van der Waals surface area (Å²) in [6.07, 6.45) is 6.73. The highest BCUT2D eigenvalue weighted by atomic mass is 14.9. The largest absolute Gasteiger partial charge is 0.314 e. The minimum absolute atomic E-state index is 0.573. The van der Waals surface area contributed by atoms with Crippen molar-refractivity contribution in [1.29, 1.82) is 0 Å². The Bertz CT molecular complexity index is 326. The van der Waals surface area contributed by atoms with Crippen LogP contribution in [0.5, 0.6) is 0 Å². The molecule has 1 nitrogen and oxygen atoms in total. The Labute approximate surface area is 119 Å². The number of benzene rings is 1. The van der Waals surface area contributed by atoms with Crippen LogP contribution < -0.4 is 5.32 Å². The molecule has 1 unspecified atom stereocenters. The molecular formula is C18H31N. The summed E-state index contributed by atoms with van der Waals surface area (Å²) in [5, 5.41) is 3.60. The molecule has 0 aliphatic heterocycles. The van der Waals surface area contributed by atoms with Gasteiger partial charge in [-0.3, -0.25) is 0 Å². The lowest BCUT2D eigenvalue weighted by molar-refractivity contribution is 0.486. The number of hydrogen-bond acceptors (Lipinski definition) is 1. The molecule has 0 amide bonds. The smallest absolute Gasteiger partial charge is 0.00225 e. The highest BCUT2D eigenvalue weighted by Crippen LogP contribution is 2.22. The van der Waals surface area contributed by atoms with Crippen molar-refractivity contribution >= 4 is 0 Å². The molecule has 0 fully saturated rings. The molecule has 0 radical (unpaired) electrons. The molecule has 1 heteroatoms. The van der Waals surface area contributed by atoms with E-state index in [-0.39, 0.29) is 0 Å². The third-order valence-electron chi connectivity index (χ3n) is 3.73. The lowest BCUT2D eigenvalue weighted by atomic mass is 9.92. The molecule has 1 aromatic carbocycles. The molecule has 0 spiro atoms. The van der Waals surface area contributed by atoms with Crippen LogP contribution in [-0.2, 0) is 0 Å². The summed E-state index contributed by atoms with van der Waals surface area (Å²) in [5.74, 6) is 0.667. The van der Waals surface area contributed by atoms with Crippen LogP contribution in [0.2, 0.25) is 0 Å². The van der Waals surface area contributed by atoms with Gasteiger partial charge in [-0.15, -0.1) is 0 Å². The fourth-order valence-electron chi connectivity index (χ4n) is 2.42. The van der Waals surface area contributed by atoms with Crippen molar-refractivity contribution < 1.29 is 0 Å². The van der Waals surface area contributed by atoms with Gasteiger partial charge in [0.15, 0.2) is 0 Å². The van der Waals surface area contributed by atoms with Crippen LogP contribution in [0.3, 0.4) is 0 Å². The molecular weight excluding hydrogens is 230 g/mol. The maximum atomic E-state index is 3.60. The minimum atomic E-state index is 0.573. The number of hydrogen-bond donors (Lipinski definition) is 1. The molecule has 19 heavy (non-hydrogen) atoms. The van der Waals surface area contributed by atoms with Crippen LogP contribution in [0, 0.1) is 6.92 Å². The predicted molar refractivity (Wildman–Crippen MR) is 85.8 cm³/mol. The van der Waals surface area contributed by atoms with Gasteiger partial charge in [-0.05, 0) is 24.8 Å². The number of aryl methyl sites for hydroxylation is 1. The Morgan fingerprint density at radius 1 is 1.00 bits per heavy atom. The summed E-state index contributed by atoms with van der Waals surface area (Å²) in [4.78, 5) is 0. The van der Waals surface area contributed by atoms with Crippen molar-refractivity contribution in [3.63, 3.8) is 0 Å². The van der Waals surface area contributed by atoms with E-state index in [4.69, 9.17) is 0 Å². The third-order valence-corrected chi connectivity index (χ3v) is 3.73. The van der Waals surface area contributed by atoms with Gasteiger partial charge >= 0.3 is 0 Å². The van der Waals surface area contributed by atoms with Crippen LogP contribution in [-0.4, -0.2) is 12.6 Å². The van der Waals surface area contributed by atoms with E-state index in [9.17, 15) is 0 Å². The Morgan fingerprint density at radius 3 is 2.26 bits per heavy atom. The summed E-state index contributed by atoms with van der Waals surface area (Å²) in [5.41, 5.74) is 2.85. The maximum Gasteiger partial charge on any atom is 0.00225 e. The van der Waals surface area contributed by atoms with Crippen LogP contribution in [0.25, 0.3) is 0 Å². The van der Waals surface area contributed by atoms with Crippen molar-refractivity contribution in [1.82, 2.24) is 5.32 Å². The van der Waals surface area contributed by atoms with Crippen molar-refractivity contribution in [2.24, 2.45) is 0 Å². The van der Waals surface area contributed by atoms with E-state index < -0.39 is 0 Å². The van der Waals surface area contributed by atoms with E-state index >= 15 is 0 Å². The van der Waals surface area contributed by atoms with Gasteiger partial charge in [0.25, 0.3) is 0 Å². The van der Waals surface area contributed by atoms with E-state index in [1.165, 1.54) is 43.2 Å². The highest BCUT2D eigenvalue weighted by Gasteiger charge is 2.11. The molecule has 1 N–H and O–H groups in total. The van der Waals surface area contributed by atoms with Crippen LogP contribution in [0.4, 0.5) is 0 Å². The fraction of sp³-hybridized carbons (Fsp3) is 0.667. The molecule has 0 saturated heterocycles. The number of nitrogens with one attached hydrogen (secondary N) is 1. The molecule has 0 aromatic heterocycles. The summed E-state index contributed by atoms with van der Waals surface area (Å²) >= 11 is 0. The van der Waals surface area contributed by atoms with Crippen molar-refractivity contribution in [3.05, 3.63) is 35.4 Å². The second-order valence-electron chi connectivity index (χ2n) is 6.02. The second-order valence-corrected chi connectivity index (χ2v) is 6.02. The number of unbranched alkanes of at least 4 members (excludes halogenated alkanes) is 3. The first-order valence-corrected chi connectivity index (χ1v) is 7.93. The molecule has 1 aromatic rings. The first-order chi connectivity index (χ1) is 9.13. The molecule has 0 aliphatic rings. The molecule has 0 heterocycles. The summed E-state index contributed by atoms with van der Waals surface area (Å²) < 4.78 is 0.